The van der Waals surface area contributed by atoms with Crippen LogP contribution in [0.25, 0.3) is 22.6 Å². The van der Waals surface area contributed by atoms with E-state index >= 15 is 0 Å². The molecule has 0 bridgehead atoms. The number of methoxy groups -OCH3 is 1. The lowest BCUT2D eigenvalue weighted by molar-refractivity contribution is -0.119. The van der Waals surface area contributed by atoms with Crippen LogP contribution in [0.1, 0.15) is 23.1 Å². The number of ketones is 1. The van der Waals surface area contributed by atoms with Crippen molar-refractivity contribution in [2.75, 3.05) is 7.11 Å². The fourth-order valence-electron chi connectivity index (χ4n) is 3.29. The molecule has 0 N–H and O–H groups in total. The standard InChI is InChI=1S/C25H19FN2O3S/c1-30-17-8-6-16(7-9-17)22-15-32-25(28-22)20(14-27)23(29)12-10-18-11-13-24(31-18)19-4-2-3-5-21(19)26/h2-9,11,13,15,20H,10,12H2,1H3. The molecule has 1 unspecified atom stereocenters. The van der Waals surface area contributed by atoms with Crippen LogP contribution in [-0.2, 0) is 11.2 Å². The average molecular weight is 447 g/mol. The maximum atomic E-state index is 13.9. The zero-order chi connectivity index (χ0) is 22.5. The van der Waals surface area contributed by atoms with Crippen LogP contribution in [0.15, 0.2) is 70.5 Å². The second-order valence-corrected chi connectivity index (χ2v) is 7.96. The van der Waals surface area contributed by atoms with Crippen LogP contribution < -0.4 is 4.74 Å². The molecule has 2 aromatic carbocycles. The first-order valence-corrected chi connectivity index (χ1v) is 10.8. The van der Waals surface area contributed by atoms with Gasteiger partial charge in [-0.05, 0) is 48.5 Å². The molecule has 7 heteroatoms. The number of furan rings is 1. The highest BCUT2D eigenvalue weighted by molar-refractivity contribution is 7.10. The number of thiazole rings is 1. The number of benzene rings is 2. The first kappa shape index (κ1) is 21.5. The molecule has 0 fully saturated rings. The van der Waals surface area contributed by atoms with Gasteiger partial charge >= 0.3 is 0 Å². The molecular weight excluding hydrogens is 427 g/mol. The summed E-state index contributed by atoms with van der Waals surface area (Å²) in [5.74, 6) is 0.175. The molecule has 4 rings (SSSR count). The molecule has 0 saturated carbocycles. The van der Waals surface area contributed by atoms with Crippen molar-refractivity contribution in [3.63, 3.8) is 0 Å². The monoisotopic (exact) mass is 446 g/mol. The van der Waals surface area contributed by atoms with Gasteiger partial charge < -0.3 is 9.15 Å². The van der Waals surface area contributed by atoms with E-state index in [1.165, 1.54) is 17.4 Å². The van der Waals surface area contributed by atoms with E-state index in [1.54, 1.807) is 37.4 Å². The number of hydrogen-bond acceptors (Lipinski definition) is 6. The van der Waals surface area contributed by atoms with Crippen LogP contribution in [0.2, 0.25) is 0 Å². The molecule has 0 aliphatic heterocycles. The highest BCUT2D eigenvalue weighted by atomic mass is 32.1. The summed E-state index contributed by atoms with van der Waals surface area (Å²) < 4.78 is 24.8. The Morgan fingerprint density at radius 2 is 1.97 bits per heavy atom. The number of nitriles is 1. The Balaban J connectivity index is 1.42. The Morgan fingerprint density at radius 1 is 1.19 bits per heavy atom. The van der Waals surface area contributed by atoms with Crippen LogP contribution >= 0.6 is 11.3 Å². The van der Waals surface area contributed by atoms with Gasteiger partial charge in [0.1, 0.15) is 28.1 Å². The molecule has 4 aromatic rings. The maximum Gasteiger partial charge on any atom is 0.157 e. The van der Waals surface area contributed by atoms with Crippen molar-refractivity contribution >= 4 is 17.1 Å². The lowest BCUT2D eigenvalue weighted by atomic mass is 10.0. The molecule has 5 nitrogen and oxygen atoms in total. The summed E-state index contributed by atoms with van der Waals surface area (Å²) in [5, 5.41) is 11.9. The molecule has 160 valence electrons. The van der Waals surface area contributed by atoms with Gasteiger partial charge in [0, 0.05) is 23.8 Å². The lowest BCUT2D eigenvalue weighted by Gasteiger charge is -2.05. The fourth-order valence-corrected chi connectivity index (χ4v) is 4.18. The van der Waals surface area contributed by atoms with E-state index in [0.717, 1.165) is 11.3 Å². The average Bonchev–Trinajstić information content (AvgIpc) is 3.49. The van der Waals surface area contributed by atoms with Crippen LogP contribution in [0.3, 0.4) is 0 Å². The molecule has 0 aliphatic carbocycles. The third kappa shape index (κ3) is 4.61. The Labute approximate surface area is 188 Å². The van der Waals surface area contributed by atoms with Gasteiger partial charge in [-0.3, -0.25) is 4.79 Å². The summed E-state index contributed by atoms with van der Waals surface area (Å²) >= 11 is 1.29. The first-order chi connectivity index (χ1) is 15.6. The second kappa shape index (κ2) is 9.58. The van der Waals surface area contributed by atoms with Crippen molar-refractivity contribution in [2.24, 2.45) is 0 Å². The number of rotatable bonds is 8. The lowest BCUT2D eigenvalue weighted by Crippen LogP contribution is -2.11. The van der Waals surface area contributed by atoms with Gasteiger partial charge in [0.15, 0.2) is 11.7 Å². The molecule has 1 atom stereocenters. The van der Waals surface area contributed by atoms with Crippen molar-refractivity contribution < 1.29 is 18.3 Å². The van der Waals surface area contributed by atoms with Gasteiger partial charge in [0.25, 0.3) is 0 Å². The molecule has 0 amide bonds. The number of halogens is 1. The van der Waals surface area contributed by atoms with Crippen molar-refractivity contribution in [3.8, 4) is 34.4 Å². The number of carbonyl (C=O) groups excluding carboxylic acids is 1. The zero-order valence-electron chi connectivity index (χ0n) is 17.2. The van der Waals surface area contributed by atoms with Crippen molar-refractivity contribution in [1.29, 1.82) is 5.26 Å². The van der Waals surface area contributed by atoms with E-state index in [2.05, 4.69) is 11.1 Å². The summed E-state index contributed by atoms with van der Waals surface area (Å²) in [7, 11) is 1.60. The molecule has 0 spiro atoms. The summed E-state index contributed by atoms with van der Waals surface area (Å²) in [6.07, 6.45) is 0.447. The summed E-state index contributed by atoms with van der Waals surface area (Å²) in [4.78, 5) is 17.2. The maximum absolute atomic E-state index is 13.9. The third-order valence-electron chi connectivity index (χ3n) is 5.02. The number of aryl methyl sites for hydroxylation is 1. The third-order valence-corrected chi connectivity index (χ3v) is 5.93. The van der Waals surface area contributed by atoms with Gasteiger partial charge in [-0.2, -0.15) is 5.26 Å². The highest BCUT2D eigenvalue weighted by Crippen LogP contribution is 2.30. The Bertz CT molecular complexity index is 1270. The summed E-state index contributed by atoms with van der Waals surface area (Å²) in [6, 6.07) is 19.3. The number of hydrogen-bond donors (Lipinski definition) is 0. The van der Waals surface area contributed by atoms with Crippen LogP contribution in [0, 0.1) is 17.1 Å². The number of nitrogens with zero attached hydrogens (tertiary/aromatic N) is 2. The number of Topliss-reactive ketones (excluding diaryl/α,β-unsaturated/α-hetero) is 1. The minimum Gasteiger partial charge on any atom is -0.497 e. The number of carbonyl (C=O) groups is 1. The predicted molar refractivity (Wildman–Crippen MR) is 120 cm³/mol. The van der Waals surface area contributed by atoms with E-state index in [0.29, 0.717) is 34.2 Å². The summed E-state index contributed by atoms with van der Waals surface area (Å²) in [5.41, 5.74) is 1.96. The molecule has 0 saturated heterocycles. The number of aromatic nitrogens is 1. The van der Waals surface area contributed by atoms with Gasteiger partial charge in [0.05, 0.1) is 24.4 Å². The Morgan fingerprint density at radius 3 is 2.69 bits per heavy atom. The fraction of sp³-hybridized carbons (Fsp3) is 0.160. The first-order valence-electron chi connectivity index (χ1n) is 9.95. The molecule has 2 heterocycles. The Kier molecular flexibility index (Phi) is 6.43. The normalized spacial score (nSPS) is 11.7. The minimum absolute atomic E-state index is 0.125. The van der Waals surface area contributed by atoms with Gasteiger partial charge in [-0.1, -0.05) is 12.1 Å². The van der Waals surface area contributed by atoms with Gasteiger partial charge in [-0.15, -0.1) is 11.3 Å². The van der Waals surface area contributed by atoms with Crippen molar-refractivity contribution in [1.82, 2.24) is 4.98 Å². The minimum atomic E-state index is -0.937. The zero-order valence-corrected chi connectivity index (χ0v) is 18.1. The van der Waals surface area contributed by atoms with E-state index < -0.39 is 5.92 Å². The predicted octanol–water partition coefficient (Wildman–Crippen LogP) is 6.03. The highest BCUT2D eigenvalue weighted by Gasteiger charge is 2.24. The van der Waals surface area contributed by atoms with Crippen molar-refractivity contribution in [3.05, 3.63) is 82.6 Å². The van der Waals surface area contributed by atoms with Crippen LogP contribution in [0.4, 0.5) is 4.39 Å². The van der Waals surface area contributed by atoms with E-state index in [4.69, 9.17) is 9.15 Å². The van der Waals surface area contributed by atoms with E-state index in [-0.39, 0.29) is 18.0 Å². The van der Waals surface area contributed by atoms with Gasteiger partial charge in [0.2, 0.25) is 0 Å². The van der Waals surface area contributed by atoms with Crippen molar-refractivity contribution in [2.45, 2.75) is 18.8 Å². The molecule has 0 aliphatic rings. The van der Waals surface area contributed by atoms with Crippen LogP contribution in [0.5, 0.6) is 5.75 Å². The molecule has 0 radical (unpaired) electrons. The smallest absolute Gasteiger partial charge is 0.157 e. The quantitative estimate of drug-likeness (QED) is 0.330. The second-order valence-electron chi connectivity index (χ2n) is 7.07. The topological polar surface area (TPSA) is 76.1 Å². The van der Waals surface area contributed by atoms with Crippen LogP contribution in [-0.4, -0.2) is 17.9 Å². The van der Waals surface area contributed by atoms with E-state index in [1.807, 2.05) is 29.6 Å². The molecular formula is C25H19FN2O3S. The molecule has 32 heavy (non-hydrogen) atoms. The summed E-state index contributed by atoms with van der Waals surface area (Å²) in [6.45, 7) is 0. The number of ether oxygens (including phenoxy) is 1. The molecule has 2 aromatic heterocycles. The SMILES string of the molecule is COc1ccc(-c2csc(C(C#N)C(=O)CCc3ccc(-c4ccccc4F)o3)n2)cc1. The van der Waals surface area contributed by atoms with Gasteiger partial charge in [-0.25, -0.2) is 9.37 Å². The van der Waals surface area contributed by atoms with E-state index in [9.17, 15) is 14.4 Å². The largest absolute Gasteiger partial charge is 0.497 e. The Hall–Kier alpha value is -3.76.